The van der Waals surface area contributed by atoms with Gasteiger partial charge < -0.3 is 24.7 Å². The van der Waals surface area contributed by atoms with E-state index in [0.29, 0.717) is 62.0 Å². The highest BCUT2D eigenvalue weighted by Crippen LogP contribution is 2.29. The van der Waals surface area contributed by atoms with Crippen molar-refractivity contribution < 1.29 is 23.5 Å². The van der Waals surface area contributed by atoms with Crippen LogP contribution in [0, 0.1) is 0 Å². The number of benzene rings is 2. The van der Waals surface area contributed by atoms with Gasteiger partial charge in [-0.05, 0) is 68.3 Å². The Bertz CT molecular complexity index is 1360. The lowest BCUT2D eigenvalue weighted by molar-refractivity contribution is -0.141. The molecule has 9 nitrogen and oxygen atoms in total. The molecule has 10 heteroatoms. The van der Waals surface area contributed by atoms with E-state index in [2.05, 4.69) is 15.5 Å². The number of furan rings is 1. The molecule has 0 bridgehead atoms. The first-order valence-electron chi connectivity index (χ1n) is 14.3. The number of carbonyl (C=O) groups excluding carboxylic acids is 3. The van der Waals surface area contributed by atoms with Crippen LogP contribution >= 0.6 is 11.6 Å². The summed E-state index contributed by atoms with van der Waals surface area (Å²) < 4.78 is 11.3. The first-order valence-corrected chi connectivity index (χ1v) is 14.7. The molecule has 224 valence electrons. The number of amides is 3. The number of halogens is 1. The van der Waals surface area contributed by atoms with Crippen molar-refractivity contribution in [1.82, 2.24) is 20.4 Å². The quantitative estimate of drug-likeness (QED) is 0.441. The molecule has 4 rings (SSSR count). The van der Waals surface area contributed by atoms with Gasteiger partial charge in [0.25, 0.3) is 0 Å². The van der Waals surface area contributed by atoms with Crippen molar-refractivity contribution in [2.45, 2.75) is 51.2 Å². The van der Waals surface area contributed by atoms with Gasteiger partial charge >= 0.3 is 0 Å². The molecule has 42 heavy (non-hydrogen) atoms. The molecular formula is C32H39ClN4O5. The summed E-state index contributed by atoms with van der Waals surface area (Å²) >= 11 is 6.35. The Kier molecular flexibility index (Phi) is 11.0. The van der Waals surface area contributed by atoms with Crippen LogP contribution in [0.4, 0.5) is 0 Å². The molecule has 2 atom stereocenters. The number of carbonyl (C=O) groups is 3. The topological polar surface area (TPSA) is 104 Å². The van der Waals surface area contributed by atoms with Gasteiger partial charge in [0.15, 0.2) is 0 Å². The van der Waals surface area contributed by atoms with Gasteiger partial charge in [0.05, 0.1) is 18.7 Å². The number of methoxy groups -OCH3 is 1. The summed E-state index contributed by atoms with van der Waals surface area (Å²) in [6.07, 6.45) is 1.88. The largest absolute Gasteiger partial charge is 0.497 e. The molecule has 1 aromatic heterocycles. The number of hydrogen-bond acceptors (Lipinski definition) is 6. The summed E-state index contributed by atoms with van der Waals surface area (Å²) in [4.78, 5) is 43.0. The van der Waals surface area contributed by atoms with E-state index in [9.17, 15) is 14.4 Å². The Balaban J connectivity index is 1.46. The monoisotopic (exact) mass is 594 g/mol. The summed E-state index contributed by atoms with van der Waals surface area (Å²) in [5.41, 5.74) is 1.71. The van der Waals surface area contributed by atoms with Crippen LogP contribution in [0.1, 0.15) is 37.5 Å². The van der Waals surface area contributed by atoms with E-state index in [1.165, 1.54) is 4.90 Å². The first-order chi connectivity index (χ1) is 20.2. The van der Waals surface area contributed by atoms with Gasteiger partial charge in [-0.3, -0.25) is 19.3 Å². The van der Waals surface area contributed by atoms with E-state index < -0.39 is 12.1 Å². The van der Waals surface area contributed by atoms with Crippen LogP contribution in [0.5, 0.6) is 5.75 Å². The Labute approximate surface area is 252 Å². The highest BCUT2D eigenvalue weighted by Gasteiger charge is 2.30. The maximum absolute atomic E-state index is 13.5. The van der Waals surface area contributed by atoms with Crippen molar-refractivity contribution in [2.24, 2.45) is 0 Å². The van der Waals surface area contributed by atoms with Crippen molar-refractivity contribution >= 4 is 29.3 Å². The van der Waals surface area contributed by atoms with Gasteiger partial charge in [0.2, 0.25) is 17.7 Å². The SMILES string of the molecule is COc1ccc(C[C@@H]2NC(=O)CCCN(Cc3ccc(-c4ccccc4Cl)o3)CCCNC(=O)[C@H](C)N(C)C2=O)cc1. The minimum atomic E-state index is -0.807. The predicted molar refractivity (Wildman–Crippen MR) is 162 cm³/mol. The Morgan fingerprint density at radius 3 is 2.48 bits per heavy atom. The van der Waals surface area contributed by atoms with Gasteiger partial charge in [-0.2, -0.15) is 0 Å². The Morgan fingerprint density at radius 2 is 1.74 bits per heavy atom. The lowest BCUT2D eigenvalue weighted by Crippen LogP contribution is -2.54. The number of likely N-dealkylation sites (N-methyl/N-ethyl adjacent to an activating group) is 1. The van der Waals surface area contributed by atoms with E-state index in [0.717, 1.165) is 16.9 Å². The fourth-order valence-corrected chi connectivity index (χ4v) is 5.19. The van der Waals surface area contributed by atoms with Crippen LogP contribution in [0.15, 0.2) is 65.1 Å². The third-order valence-electron chi connectivity index (χ3n) is 7.55. The minimum Gasteiger partial charge on any atom is -0.497 e. The molecule has 0 unspecified atom stereocenters. The second kappa shape index (κ2) is 14.9. The molecule has 0 radical (unpaired) electrons. The smallest absolute Gasteiger partial charge is 0.245 e. The van der Waals surface area contributed by atoms with Crippen LogP contribution in [-0.2, 0) is 27.3 Å². The van der Waals surface area contributed by atoms with E-state index in [1.807, 2.05) is 60.7 Å². The maximum Gasteiger partial charge on any atom is 0.245 e. The van der Waals surface area contributed by atoms with Gasteiger partial charge in [-0.25, -0.2) is 0 Å². The van der Waals surface area contributed by atoms with E-state index in [1.54, 1.807) is 21.1 Å². The van der Waals surface area contributed by atoms with Gasteiger partial charge in [0.1, 0.15) is 29.4 Å². The fourth-order valence-electron chi connectivity index (χ4n) is 4.96. The summed E-state index contributed by atoms with van der Waals surface area (Å²) in [6.45, 7) is 4.07. The zero-order valence-corrected chi connectivity index (χ0v) is 25.2. The summed E-state index contributed by atoms with van der Waals surface area (Å²) in [6, 6.07) is 17.3. The normalized spacial score (nSPS) is 19.9. The van der Waals surface area contributed by atoms with Crippen molar-refractivity contribution in [1.29, 1.82) is 0 Å². The first kappa shape index (κ1) is 31.1. The fraction of sp³-hybridized carbons (Fsp3) is 0.406. The number of ether oxygens (including phenoxy) is 1. The maximum atomic E-state index is 13.5. The average Bonchev–Trinajstić information content (AvgIpc) is 3.45. The highest BCUT2D eigenvalue weighted by atomic mass is 35.5. The minimum absolute atomic E-state index is 0.207. The molecule has 0 aliphatic carbocycles. The lowest BCUT2D eigenvalue weighted by Gasteiger charge is -2.29. The molecule has 3 aromatic rings. The second-order valence-corrected chi connectivity index (χ2v) is 11.0. The van der Waals surface area contributed by atoms with Crippen LogP contribution in [0.2, 0.25) is 5.02 Å². The van der Waals surface area contributed by atoms with E-state index in [-0.39, 0.29) is 24.1 Å². The second-order valence-electron chi connectivity index (χ2n) is 10.6. The molecule has 1 aliphatic rings. The molecular weight excluding hydrogens is 556 g/mol. The molecule has 2 aromatic carbocycles. The third kappa shape index (κ3) is 8.36. The number of nitrogens with zero attached hydrogens (tertiary/aromatic N) is 2. The molecule has 0 spiro atoms. The molecule has 1 saturated heterocycles. The molecule has 3 amide bonds. The number of rotatable bonds is 6. The molecule has 1 aliphatic heterocycles. The van der Waals surface area contributed by atoms with Gasteiger partial charge in [-0.1, -0.05) is 35.9 Å². The van der Waals surface area contributed by atoms with Crippen LogP contribution in [-0.4, -0.2) is 73.4 Å². The molecule has 1 fully saturated rings. The van der Waals surface area contributed by atoms with Crippen molar-refractivity contribution in [3.8, 4) is 17.1 Å². The van der Waals surface area contributed by atoms with Crippen molar-refractivity contribution in [3.05, 3.63) is 77.0 Å². The van der Waals surface area contributed by atoms with E-state index in [4.69, 9.17) is 20.8 Å². The summed E-state index contributed by atoms with van der Waals surface area (Å²) in [7, 11) is 3.19. The van der Waals surface area contributed by atoms with Gasteiger partial charge in [0, 0.05) is 38.5 Å². The molecule has 2 N–H and O–H groups in total. The Morgan fingerprint density at radius 1 is 1.00 bits per heavy atom. The number of hydrogen-bond donors (Lipinski definition) is 2. The zero-order valence-electron chi connectivity index (χ0n) is 24.4. The summed E-state index contributed by atoms with van der Waals surface area (Å²) in [5.74, 6) is 1.43. The van der Waals surface area contributed by atoms with E-state index >= 15 is 0 Å². The van der Waals surface area contributed by atoms with Crippen molar-refractivity contribution in [2.75, 3.05) is 33.8 Å². The molecule has 0 saturated carbocycles. The van der Waals surface area contributed by atoms with Crippen LogP contribution < -0.4 is 15.4 Å². The van der Waals surface area contributed by atoms with Crippen LogP contribution in [0.3, 0.4) is 0 Å². The third-order valence-corrected chi connectivity index (χ3v) is 7.88. The number of nitrogens with one attached hydrogen (secondary N) is 2. The van der Waals surface area contributed by atoms with Crippen molar-refractivity contribution in [3.63, 3.8) is 0 Å². The highest BCUT2D eigenvalue weighted by molar-refractivity contribution is 6.33. The lowest BCUT2D eigenvalue weighted by atomic mass is 10.0. The Hall–Kier alpha value is -3.82. The summed E-state index contributed by atoms with van der Waals surface area (Å²) in [5, 5.41) is 6.51. The zero-order chi connectivity index (χ0) is 30.1. The van der Waals surface area contributed by atoms with Crippen LogP contribution in [0.25, 0.3) is 11.3 Å². The van der Waals surface area contributed by atoms with Gasteiger partial charge in [-0.15, -0.1) is 0 Å². The standard InChI is InChI=1S/C32H39ClN4O5/c1-22-31(39)34-17-7-19-37(21-25-15-16-29(42-25)26-8-4-5-9-27(26)33)18-6-10-30(38)35-28(32(40)36(22)2)20-23-11-13-24(41-3)14-12-23/h4-5,8-9,11-16,22,28H,6-7,10,17-21H2,1-3H3,(H,34,39)(H,35,38)/t22-,28-/m0/s1. The average molecular weight is 595 g/mol. The molecule has 2 heterocycles. The predicted octanol–water partition coefficient (Wildman–Crippen LogP) is 4.29.